The Morgan fingerprint density at radius 3 is 2.57 bits per heavy atom. The monoisotopic (exact) mass is 303 g/mol. The fraction of sp³-hybridized carbons (Fsp3) is 0.333. The van der Waals surface area contributed by atoms with Gasteiger partial charge in [0.25, 0.3) is 0 Å². The molecule has 2 atom stereocenters. The molecule has 112 valence electrons. The van der Waals surface area contributed by atoms with Crippen LogP contribution in [0.5, 0.6) is 5.75 Å². The van der Waals surface area contributed by atoms with Gasteiger partial charge in [0.05, 0.1) is 6.04 Å². The molecule has 2 aromatic carbocycles. The normalized spacial score (nSPS) is 13.7. The number of aryl methyl sites for hydroxylation is 1. The van der Waals surface area contributed by atoms with E-state index in [2.05, 4.69) is 50.4 Å². The third-order valence-corrected chi connectivity index (χ3v) is 3.65. The topological polar surface area (TPSA) is 21.3 Å². The molecule has 1 N–H and O–H groups in total. The van der Waals surface area contributed by atoms with Gasteiger partial charge in [0, 0.05) is 5.02 Å². The smallest absolute Gasteiger partial charge is 0.121 e. The second-order valence-corrected chi connectivity index (χ2v) is 5.67. The maximum atomic E-state index is 6.06. The van der Waals surface area contributed by atoms with E-state index in [1.807, 2.05) is 24.3 Å². The minimum Gasteiger partial charge on any atom is -0.489 e. The van der Waals surface area contributed by atoms with Crippen molar-refractivity contribution in [1.82, 2.24) is 5.32 Å². The Hall–Kier alpha value is -1.51. The lowest BCUT2D eigenvalue weighted by atomic mass is 10.0. The Morgan fingerprint density at radius 2 is 1.90 bits per heavy atom. The summed E-state index contributed by atoms with van der Waals surface area (Å²) in [4.78, 5) is 0. The van der Waals surface area contributed by atoms with Crippen LogP contribution in [-0.2, 0) is 0 Å². The van der Waals surface area contributed by atoms with Crippen LogP contribution in [0.3, 0.4) is 0 Å². The minimum absolute atomic E-state index is 0.00483. The minimum atomic E-state index is 0.00483. The molecule has 0 saturated carbocycles. The van der Waals surface area contributed by atoms with E-state index < -0.39 is 0 Å². The summed E-state index contributed by atoms with van der Waals surface area (Å²) >= 11 is 6.01. The van der Waals surface area contributed by atoms with Gasteiger partial charge in [0.2, 0.25) is 0 Å². The highest BCUT2D eigenvalue weighted by molar-refractivity contribution is 6.30. The summed E-state index contributed by atoms with van der Waals surface area (Å²) in [6.07, 6.45) is 0.00483. The van der Waals surface area contributed by atoms with Gasteiger partial charge in [-0.15, -0.1) is 0 Å². The van der Waals surface area contributed by atoms with Gasteiger partial charge in [-0.3, -0.25) is 0 Å². The van der Waals surface area contributed by atoms with Crippen molar-refractivity contribution in [3.8, 4) is 5.75 Å². The molecule has 0 aliphatic rings. The summed E-state index contributed by atoms with van der Waals surface area (Å²) < 4.78 is 6.06. The summed E-state index contributed by atoms with van der Waals surface area (Å²) in [5.74, 6) is 0.797. The van der Waals surface area contributed by atoms with Crippen LogP contribution < -0.4 is 10.1 Å². The molecule has 0 amide bonds. The van der Waals surface area contributed by atoms with Crippen molar-refractivity contribution in [2.75, 3.05) is 6.54 Å². The molecule has 2 unspecified atom stereocenters. The maximum absolute atomic E-state index is 6.06. The number of nitrogens with one attached hydrogen (secondary N) is 1. The molecule has 0 aliphatic carbocycles. The Labute approximate surface area is 132 Å². The van der Waals surface area contributed by atoms with Gasteiger partial charge in [-0.25, -0.2) is 0 Å². The van der Waals surface area contributed by atoms with E-state index in [9.17, 15) is 0 Å². The van der Waals surface area contributed by atoms with Crippen LogP contribution in [0, 0.1) is 6.92 Å². The second kappa shape index (κ2) is 7.48. The van der Waals surface area contributed by atoms with Gasteiger partial charge in [0.1, 0.15) is 11.9 Å². The van der Waals surface area contributed by atoms with E-state index in [0.29, 0.717) is 5.02 Å². The van der Waals surface area contributed by atoms with E-state index in [-0.39, 0.29) is 12.1 Å². The number of hydrogen-bond donors (Lipinski definition) is 1. The largest absolute Gasteiger partial charge is 0.489 e. The van der Waals surface area contributed by atoms with Crippen LogP contribution in [0.2, 0.25) is 5.02 Å². The highest BCUT2D eigenvalue weighted by Gasteiger charge is 2.20. The summed E-state index contributed by atoms with van der Waals surface area (Å²) in [7, 11) is 0. The second-order valence-electron chi connectivity index (χ2n) is 5.23. The lowest BCUT2D eigenvalue weighted by molar-refractivity contribution is 0.171. The van der Waals surface area contributed by atoms with Gasteiger partial charge in [-0.05, 0) is 44.2 Å². The average molecular weight is 304 g/mol. The van der Waals surface area contributed by atoms with Gasteiger partial charge < -0.3 is 10.1 Å². The number of benzene rings is 2. The first kappa shape index (κ1) is 15.9. The Kier molecular flexibility index (Phi) is 5.66. The molecule has 0 saturated heterocycles. The molecular formula is C18H22ClNO. The quantitative estimate of drug-likeness (QED) is 0.830. The molecule has 3 heteroatoms. The molecule has 2 nitrogen and oxygen atoms in total. The molecule has 21 heavy (non-hydrogen) atoms. The van der Waals surface area contributed by atoms with Crippen LogP contribution in [0.15, 0.2) is 48.5 Å². The fourth-order valence-electron chi connectivity index (χ4n) is 2.46. The standard InChI is InChI=1S/C18H22ClNO/c1-4-20-18(15-8-5-7-13(2)11-15)14(3)21-17-10-6-9-16(19)12-17/h5-12,14,18,20H,4H2,1-3H3. The summed E-state index contributed by atoms with van der Waals surface area (Å²) in [6.45, 7) is 7.18. The average Bonchev–Trinajstić information content (AvgIpc) is 2.44. The Balaban J connectivity index is 2.17. The predicted molar refractivity (Wildman–Crippen MR) is 89.1 cm³/mol. The number of ether oxygens (including phenoxy) is 1. The maximum Gasteiger partial charge on any atom is 0.121 e. The van der Waals surface area contributed by atoms with Crippen LogP contribution in [0.25, 0.3) is 0 Å². The summed E-state index contributed by atoms with van der Waals surface area (Å²) in [5.41, 5.74) is 2.50. The molecule has 0 spiro atoms. The molecule has 0 aliphatic heterocycles. The van der Waals surface area contributed by atoms with Gasteiger partial charge in [-0.2, -0.15) is 0 Å². The first-order valence-corrected chi connectivity index (χ1v) is 7.70. The number of hydrogen-bond acceptors (Lipinski definition) is 2. The van der Waals surface area contributed by atoms with Gasteiger partial charge in [0.15, 0.2) is 0 Å². The first-order chi connectivity index (χ1) is 10.1. The zero-order valence-corrected chi connectivity index (χ0v) is 13.5. The molecule has 0 bridgehead atoms. The van der Waals surface area contributed by atoms with Crippen LogP contribution in [0.1, 0.15) is 31.0 Å². The van der Waals surface area contributed by atoms with E-state index >= 15 is 0 Å². The van der Waals surface area contributed by atoms with Crippen LogP contribution in [0.4, 0.5) is 0 Å². The van der Waals surface area contributed by atoms with Crippen molar-refractivity contribution < 1.29 is 4.74 Å². The van der Waals surface area contributed by atoms with Crippen molar-refractivity contribution >= 4 is 11.6 Å². The van der Waals surface area contributed by atoms with E-state index in [1.54, 1.807) is 0 Å². The molecular weight excluding hydrogens is 282 g/mol. The van der Waals surface area contributed by atoms with Crippen LogP contribution in [-0.4, -0.2) is 12.6 Å². The van der Waals surface area contributed by atoms with Gasteiger partial charge in [-0.1, -0.05) is 54.4 Å². The van der Waals surface area contributed by atoms with Crippen LogP contribution >= 0.6 is 11.6 Å². The van der Waals surface area contributed by atoms with Crippen molar-refractivity contribution in [2.24, 2.45) is 0 Å². The number of halogens is 1. The first-order valence-electron chi connectivity index (χ1n) is 7.32. The molecule has 0 fully saturated rings. The number of rotatable bonds is 6. The van der Waals surface area contributed by atoms with Crippen molar-refractivity contribution in [1.29, 1.82) is 0 Å². The molecule has 0 radical (unpaired) electrons. The Bertz CT molecular complexity index is 585. The molecule has 2 aromatic rings. The van der Waals surface area contributed by atoms with Gasteiger partial charge >= 0.3 is 0 Å². The zero-order chi connectivity index (χ0) is 15.2. The summed E-state index contributed by atoms with van der Waals surface area (Å²) in [5, 5.41) is 4.19. The lowest BCUT2D eigenvalue weighted by Gasteiger charge is -2.26. The summed E-state index contributed by atoms with van der Waals surface area (Å²) in [6, 6.07) is 16.2. The van der Waals surface area contributed by atoms with E-state index in [0.717, 1.165) is 12.3 Å². The predicted octanol–water partition coefficient (Wildman–Crippen LogP) is 4.77. The molecule has 2 rings (SSSR count). The third kappa shape index (κ3) is 4.48. The Morgan fingerprint density at radius 1 is 1.14 bits per heavy atom. The van der Waals surface area contributed by atoms with E-state index in [1.165, 1.54) is 11.1 Å². The highest BCUT2D eigenvalue weighted by atomic mass is 35.5. The van der Waals surface area contributed by atoms with Crippen molar-refractivity contribution in [3.63, 3.8) is 0 Å². The molecule has 0 heterocycles. The number of likely N-dealkylation sites (N-methyl/N-ethyl adjacent to an activating group) is 1. The fourth-order valence-corrected chi connectivity index (χ4v) is 2.64. The SMILES string of the molecule is CCNC(c1cccc(C)c1)C(C)Oc1cccc(Cl)c1. The molecule has 0 aromatic heterocycles. The lowest BCUT2D eigenvalue weighted by Crippen LogP contribution is -2.33. The van der Waals surface area contributed by atoms with Crippen molar-refractivity contribution in [2.45, 2.75) is 32.9 Å². The highest BCUT2D eigenvalue weighted by Crippen LogP contribution is 2.24. The van der Waals surface area contributed by atoms with E-state index in [4.69, 9.17) is 16.3 Å². The zero-order valence-electron chi connectivity index (χ0n) is 12.8. The third-order valence-electron chi connectivity index (χ3n) is 3.41. The van der Waals surface area contributed by atoms with Crippen molar-refractivity contribution in [3.05, 3.63) is 64.7 Å².